The van der Waals surface area contributed by atoms with Gasteiger partial charge in [0, 0.05) is 41.6 Å². The number of likely N-dealkylation sites (N-methyl/N-ethyl adjacent to an activating group) is 1. The first-order valence-electron chi connectivity index (χ1n) is 10.1. The Balaban J connectivity index is 1.53. The molecule has 2 aromatic rings. The van der Waals surface area contributed by atoms with Gasteiger partial charge in [-0.05, 0) is 45.7 Å². The molecule has 0 bridgehead atoms. The van der Waals surface area contributed by atoms with E-state index in [1.54, 1.807) is 16.2 Å². The molecule has 1 aliphatic heterocycles. The van der Waals surface area contributed by atoms with Crippen molar-refractivity contribution in [1.82, 2.24) is 14.8 Å². The number of rotatable bonds is 4. The molecule has 2 heterocycles. The number of aromatic nitrogens is 1. The Labute approximate surface area is 190 Å². The number of amides is 2. The average Bonchev–Trinajstić information content (AvgIpc) is 3.14. The number of ether oxygens (including phenoxy) is 1. The quantitative estimate of drug-likeness (QED) is 0.602. The molecule has 0 spiro atoms. The van der Waals surface area contributed by atoms with Crippen molar-refractivity contribution in [3.63, 3.8) is 0 Å². The predicted octanol–water partition coefficient (Wildman–Crippen LogP) is 4.97. The Hall–Kier alpha value is -1.93. The van der Waals surface area contributed by atoms with Crippen molar-refractivity contribution in [3.05, 3.63) is 39.8 Å². The van der Waals surface area contributed by atoms with Crippen molar-refractivity contribution < 1.29 is 14.3 Å². The molecule has 6 nitrogen and oxygen atoms in total. The van der Waals surface area contributed by atoms with Crippen LogP contribution in [0.5, 0.6) is 0 Å². The molecule has 30 heavy (non-hydrogen) atoms. The van der Waals surface area contributed by atoms with Crippen LogP contribution in [-0.2, 0) is 16.0 Å². The smallest absolute Gasteiger partial charge is 0.410 e. The first-order chi connectivity index (χ1) is 14.1. The van der Waals surface area contributed by atoms with Crippen molar-refractivity contribution in [2.75, 3.05) is 20.1 Å². The molecule has 0 N–H and O–H groups in total. The number of carbonyl (C=O) groups excluding carboxylic acids is 2. The minimum absolute atomic E-state index is 0.0526. The van der Waals surface area contributed by atoms with Crippen molar-refractivity contribution in [1.29, 1.82) is 0 Å². The summed E-state index contributed by atoms with van der Waals surface area (Å²) in [5, 5.41) is 2.86. The molecule has 2 amide bonds. The Morgan fingerprint density at radius 1 is 1.30 bits per heavy atom. The van der Waals surface area contributed by atoms with Crippen molar-refractivity contribution >= 4 is 39.3 Å². The fourth-order valence-electron chi connectivity index (χ4n) is 3.39. The molecule has 0 unspecified atom stereocenters. The molecule has 0 aliphatic carbocycles. The van der Waals surface area contributed by atoms with Crippen LogP contribution in [-0.4, -0.2) is 58.6 Å². The van der Waals surface area contributed by atoms with E-state index in [0.717, 1.165) is 33.6 Å². The number of benzene rings is 1. The number of thiazole rings is 1. The fourth-order valence-corrected chi connectivity index (χ4v) is 4.60. The lowest BCUT2D eigenvalue weighted by molar-refractivity contribution is -0.132. The Morgan fingerprint density at radius 3 is 2.63 bits per heavy atom. The lowest BCUT2D eigenvalue weighted by atomic mass is 10.0. The molecule has 8 heteroatoms. The number of halogens is 1. The van der Waals surface area contributed by atoms with Crippen LogP contribution in [0, 0.1) is 0 Å². The summed E-state index contributed by atoms with van der Waals surface area (Å²) >= 11 is 5.03. The normalized spacial score (nSPS) is 15.2. The van der Waals surface area contributed by atoms with Crippen LogP contribution in [0.1, 0.15) is 39.3 Å². The highest BCUT2D eigenvalue weighted by Crippen LogP contribution is 2.27. The summed E-state index contributed by atoms with van der Waals surface area (Å²) < 4.78 is 6.45. The van der Waals surface area contributed by atoms with E-state index in [2.05, 4.69) is 20.9 Å². The molecule has 1 aromatic heterocycles. The number of hydrogen-bond acceptors (Lipinski definition) is 5. The molecule has 1 aliphatic rings. The average molecular weight is 494 g/mol. The summed E-state index contributed by atoms with van der Waals surface area (Å²) in [5.41, 5.74) is 1.33. The van der Waals surface area contributed by atoms with Gasteiger partial charge in [-0.2, -0.15) is 0 Å². The Morgan fingerprint density at radius 2 is 2.00 bits per heavy atom. The molecule has 1 saturated heterocycles. The predicted molar refractivity (Wildman–Crippen MR) is 123 cm³/mol. The van der Waals surface area contributed by atoms with E-state index in [0.29, 0.717) is 13.1 Å². The second-order valence-electron chi connectivity index (χ2n) is 8.53. The van der Waals surface area contributed by atoms with Gasteiger partial charge < -0.3 is 14.5 Å². The third-order valence-electron chi connectivity index (χ3n) is 5.01. The lowest BCUT2D eigenvalue weighted by Crippen LogP contribution is -2.48. The zero-order valence-electron chi connectivity index (χ0n) is 17.9. The SMILES string of the molecule is CN(C(=O)Cc1csc(-c2cccc(Br)c2)n1)C1CCN(C(=O)OC(C)(C)C)CC1. The summed E-state index contributed by atoms with van der Waals surface area (Å²) in [4.78, 5) is 33.2. The zero-order valence-corrected chi connectivity index (χ0v) is 20.3. The van der Waals surface area contributed by atoms with Crippen LogP contribution in [0.2, 0.25) is 0 Å². The molecular weight excluding hydrogens is 466 g/mol. The van der Waals surface area contributed by atoms with Crippen LogP contribution in [0.15, 0.2) is 34.1 Å². The number of nitrogens with zero attached hydrogens (tertiary/aromatic N) is 3. The number of carbonyl (C=O) groups is 2. The summed E-state index contributed by atoms with van der Waals surface area (Å²) in [6.07, 6.45) is 1.51. The topological polar surface area (TPSA) is 62.7 Å². The Kier molecular flexibility index (Phi) is 7.18. The van der Waals surface area contributed by atoms with E-state index in [9.17, 15) is 9.59 Å². The monoisotopic (exact) mass is 493 g/mol. The van der Waals surface area contributed by atoms with Gasteiger partial charge in [0.1, 0.15) is 10.6 Å². The first-order valence-corrected chi connectivity index (χ1v) is 11.7. The number of piperidine rings is 1. The van der Waals surface area contributed by atoms with E-state index < -0.39 is 5.60 Å². The molecule has 1 aromatic carbocycles. The van der Waals surface area contributed by atoms with Crippen LogP contribution in [0.4, 0.5) is 4.79 Å². The third-order valence-corrected chi connectivity index (χ3v) is 6.45. The van der Waals surface area contributed by atoms with Gasteiger partial charge in [0.15, 0.2) is 0 Å². The minimum atomic E-state index is -0.497. The summed E-state index contributed by atoms with van der Waals surface area (Å²) in [6, 6.07) is 8.11. The largest absolute Gasteiger partial charge is 0.444 e. The molecule has 1 fully saturated rings. The van der Waals surface area contributed by atoms with Gasteiger partial charge in [-0.1, -0.05) is 28.1 Å². The van der Waals surface area contributed by atoms with Gasteiger partial charge >= 0.3 is 6.09 Å². The molecule has 0 radical (unpaired) electrons. The maximum Gasteiger partial charge on any atom is 0.410 e. The van der Waals surface area contributed by atoms with Crippen LogP contribution >= 0.6 is 27.3 Å². The van der Waals surface area contributed by atoms with Crippen LogP contribution in [0.3, 0.4) is 0 Å². The second kappa shape index (κ2) is 9.47. The van der Waals surface area contributed by atoms with Crippen LogP contribution in [0.25, 0.3) is 10.6 Å². The molecule has 162 valence electrons. The summed E-state index contributed by atoms with van der Waals surface area (Å²) in [7, 11) is 1.84. The number of hydrogen-bond donors (Lipinski definition) is 0. The van der Waals surface area contributed by atoms with E-state index >= 15 is 0 Å². The van der Waals surface area contributed by atoms with E-state index in [1.807, 2.05) is 62.4 Å². The fraction of sp³-hybridized carbons (Fsp3) is 0.500. The van der Waals surface area contributed by atoms with Crippen molar-refractivity contribution in [3.8, 4) is 10.6 Å². The van der Waals surface area contributed by atoms with Crippen LogP contribution < -0.4 is 0 Å². The standard InChI is InChI=1S/C22H28BrN3O3S/c1-22(2,3)29-21(28)26-10-8-18(9-11-26)25(4)19(27)13-17-14-30-20(24-17)15-6-5-7-16(23)12-15/h5-7,12,14,18H,8-11,13H2,1-4H3. The lowest BCUT2D eigenvalue weighted by Gasteiger charge is -2.37. The highest BCUT2D eigenvalue weighted by atomic mass is 79.9. The first kappa shape index (κ1) is 22.7. The van der Waals surface area contributed by atoms with Gasteiger partial charge in [-0.15, -0.1) is 11.3 Å². The van der Waals surface area contributed by atoms with Crippen molar-refractivity contribution in [2.45, 2.75) is 51.7 Å². The van der Waals surface area contributed by atoms with Gasteiger partial charge in [0.2, 0.25) is 5.91 Å². The van der Waals surface area contributed by atoms with E-state index in [1.165, 1.54) is 0 Å². The molecule has 0 atom stereocenters. The van der Waals surface area contributed by atoms with Gasteiger partial charge in [-0.25, -0.2) is 9.78 Å². The maximum atomic E-state index is 12.8. The maximum absolute atomic E-state index is 12.8. The highest BCUT2D eigenvalue weighted by molar-refractivity contribution is 9.10. The summed E-state index contributed by atoms with van der Waals surface area (Å²) in [6.45, 7) is 6.79. The van der Waals surface area contributed by atoms with Gasteiger partial charge in [-0.3, -0.25) is 4.79 Å². The molecular formula is C22H28BrN3O3S. The number of likely N-dealkylation sites (tertiary alicyclic amines) is 1. The summed E-state index contributed by atoms with van der Waals surface area (Å²) in [5.74, 6) is 0.0526. The van der Waals surface area contributed by atoms with Gasteiger partial charge in [0.05, 0.1) is 12.1 Å². The molecule has 0 saturated carbocycles. The molecule has 3 rings (SSSR count). The Bertz CT molecular complexity index is 901. The minimum Gasteiger partial charge on any atom is -0.444 e. The highest BCUT2D eigenvalue weighted by Gasteiger charge is 2.30. The zero-order chi connectivity index (χ0) is 21.9. The van der Waals surface area contributed by atoms with Crippen molar-refractivity contribution in [2.24, 2.45) is 0 Å². The van der Waals surface area contributed by atoms with E-state index in [4.69, 9.17) is 4.74 Å². The third kappa shape index (κ3) is 6.04. The second-order valence-corrected chi connectivity index (χ2v) is 10.3. The van der Waals surface area contributed by atoms with E-state index in [-0.39, 0.29) is 24.5 Å². The van der Waals surface area contributed by atoms with Gasteiger partial charge in [0.25, 0.3) is 0 Å².